The van der Waals surface area contributed by atoms with Gasteiger partial charge in [0.2, 0.25) is 0 Å². The number of furan rings is 1. The van der Waals surface area contributed by atoms with Gasteiger partial charge < -0.3 is 9.73 Å². The van der Waals surface area contributed by atoms with Crippen molar-refractivity contribution in [3.05, 3.63) is 23.2 Å². The first-order chi connectivity index (χ1) is 8.81. The topological polar surface area (TPSA) is 62.6 Å². The van der Waals surface area contributed by atoms with Crippen LogP contribution in [-0.2, 0) is 22.9 Å². The van der Waals surface area contributed by atoms with Crippen molar-refractivity contribution < 1.29 is 12.8 Å². The zero-order valence-electron chi connectivity index (χ0n) is 12.2. The van der Waals surface area contributed by atoms with Crippen molar-refractivity contribution in [2.45, 2.75) is 26.9 Å². The van der Waals surface area contributed by atoms with Gasteiger partial charge in [0.05, 0.1) is 12.3 Å². The fourth-order valence-corrected chi connectivity index (χ4v) is 2.41. The van der Waals surface area contributed by atoms with Gasteiger partial charge in [-0.1, -0.05) is 6.92 Å². The Morgan fingerprint density at radius 3 is 2.68 bits per heavy atom. The van der Waals surface area contributed by atoms with Crippen LogP contribution in [0.4, 0.5) is 0 Å². The molecule has 0 saturated heterocycles. The Morgan fingerprint density at radius 1 is 1.42 bits per heavy atom. The van der Waals surface area contributed by atoms with Gasteiger partial charge in [-0.2, -0.15) is 0 Å². The highest BCUT2D eigenvalue weighted by Crippen LogP contribution is 2.15. The third kappa shape index (κ3) is 6.22. The van der Waals surface area contributed by atoms with E-state index in [9.17, 15) is 8.42 Å². The van der Waals surface area contributed by atoms with Crippen molar-refractivity contribution in [3.8, 4) is 0 Å². The molecule has 1 aromatic rings. The van der Waals surface area contributed by atoms with Gasteiger partial charge in [0.1, 0.15) is 21.4 Å². The Kier molecular flexibility index (Phi) is 6.03. The predicted molar refractivity (Wildman–Crippen MR) is 76.9 cm³/mol. The van der Waals surface area contributed by atoms with Crippen LogP contribution in [0.5, 0.6) is 0 Å². The van der Waals surface area contributed by atoms with Crippen LogP contribution in [0.25, 0.3) is 0 Å². The third-order valence-corrected chi connectivity index (χ3v) is 3.83. The Bertz CT molecular complexity index is 494. The quantitative estimate of drug-likeness (QED) is 0.778. The molecule has 0 aliphatic heterocycles. The van der Waals surface area contributed by atoms with Gasteiger partial charge in [0.25, 0.3) is 0 Å². The van der Waals surface area contributed by atoms with Gasteiger partial charge in [-0.15, -0.1) is 0 Å². The number of hydrogen-bond acceptors (Lipinski definition) is 5. The molecule has 6 heteroatoms. The van der Waals surface area contributed by atoms with E-state index < -0.39 is 9.84 Å². The van der Waals surface area contributed by atoms with E-state index in [1.807, 2.05) is 24.9 Å². The molecule has 0 aromatic carbocycles. The zero-order valence-corrected chi connectivity index (χ0v) is 13.0. The van der Waals surface area contributed by atoms with E-state index in [0.717, 1.165) is 30.2 Å². The van der Waals surface area contributed by atoms with E-state index in [0.29, 0.717) is 13.1 Å². The highest BCUT2D eigenvalue weighted by atomic mass is 32.2. The first kappa shape index (κ1) is 16.2. The molecule has 1 heterocycles. The standard InChI is InChI=1S/C13H24N2O3S/c1-5-14-9-12-8-13(18-11(12)2)10-15(3)6-7-19(4,16)17/h8,14H,5-7,9-10H2,1-4H3. The number of aryl methyl sites for hydroxylation is 1. The number of nitrogens with zero attached hydrogens (tertiary/aromatic N) is 1. The lowest BCUT2D eigenvalue weighted by Gasteiger charge is -2.13. The molecule has 0 aliphatic rings. The van der Waals surface area contributed by atoms with Crippen molar-refractivity contribution in [2.24, 2.45) is 0 Å². The molecule has 1 rings (SSSR count). The molecule has 0 bridgehead atoms. The van der Waals surface area contributed by atoms with Crippen LogP contribution in [0.1, 0.15) is 24.0 Å². The Labute approximate surface area is 115 Å². The lowest BCUT2D eigenvalue weighted by atomic mass is 10.2. The summed E-state index contributed by atoms with van der Waals surface area (Å²) in [6.07, 6.45) is 1.26. The van der Waals surface area contributed by atoms with Crippen LogP contribution in [0.3, 0.4) is 0 Å². The average molecular weight is 288 g/mol. The number of hydrogen-bond donors (Lipinski definition) is 1. The second kappa shape index (κ2) is 7.07. The van der Waals surface area contributed by atoms with E-state index in [-0.39, 0.29) is 5.75 Å². The summed E-state index contributed by atoms with van der Waals surface area (Å²) < 4.78 is 27.9. The minimum absolute atomic E-state index is 0.174. The minimum atomic E-state index is -2.91. The van der Waals surface area contributed by atoms with Crippen LogP contribution >= 0.6 is 0 Å². The summed E-state index contributed by atoms with van der Waals surface area (Å²) in [6.45, 7) is 6.89. The van der Waals surface area contributed by atoms with E-state index in [4.69, 9.17) is 4.42 Å². The molecule has 0 atom stereocenters. The van der Waals surface area contributed by atoms with Crippen LogP contribution in [-0.4, -0.2) is 45.5 Å². The highest BCUT2D eigenvalue weighted by molar-refractivity contribution is 7.90. The van der Waals surface area contributed by atoms with Crippen LogP contribution in [0, 0.1) is 6.92 Å². The third-order valence-electron chi connectivity index (χ3n) is 2.91. The van der Waals surface area contributed by atoms with Crippen molar-refractivity contribution >= 4 is 9.84 Å². The van der Waals surface area contributed by atoms with Crippen LogP contribution in [0.2, 0.25) is 0 Å². The SMILES string of the molecule is CCNCc1cc(CN(C)CCS(C)(=O)=O)oc1C. The van der Waals surface area contributed by atoms with Crippen molar-refractivity contribution in [1.29, 1.82) is 0 Å². The normalized spacial score (nSPS) is 12.3. The summed E-state index contributed by atoms with van der Waals surface area (Å²) in [7, 11) is -1.01. The highest BCUT2D eigenvalue weighted by Gasteiger charge is 2.11. The minimum Gasteiger partial charge on any atom is -0.465 e. The molecule has 1 N–H and O–H groups in total. The van der Waals surface area contributed by atoms with Gasteiger partial charge in [0.15, 0.2) is 0 Å². The van der Waals surface area contributed by atoms with Crippen molar-refractivity contribution in [1.82, 2.24) is 10.2 Å². The Morgan fingerprint density at radius 2 is 2.11 bits per heavy atom. The van der Waals surface area contributed by atoms with Gasteiger partial charge >= 0.3 is 0 Å². The van der Waals surface area contributed by atoms with Crippen LogP contribution < -0.4 is 5.32 Å². The molecule has 0 unspecified atom stereocenters. The molecule has 0 fully saturated rings. The van der Waals surface area contributed by atoms with Crippen molar-refractivity contribution in [2.75, 3.05) is 32.1 Å². The molecular weight excluding hydrogens is 264 g/mol. The summed E-state index contributed by atoms with van der Waals surface area (Å²) in [5.41, 5.74) is 1.16. The lowest BCUT2D eigenvalue weighted by molar-refractivity contribution is 0.306. The molecule has 1 aromatic heterocycles. The molecule has 19 heavy (non-hydrogen) atoms. The van der Waals surface area contributed by atoms with Gasteiger partial charge in [0, 0.05) is 24.9 Å². The Hall–Kier alpha value is -0.850. The smallest absolute Gasteiger partial charge is 0.148 e. The predicted octanol–water partition coefficient (Wildman–Crippen LogP) is 1.17. The maximum atomic E-state index is 11.1. The molecule has 0 amide bonds. The van der Waals surface area contributed by atoms with Crippen molar-refractivity contribution in [3.63, 3.8) is 0 Å². The summed E-state index contributed by atoms with van der Waals surface area (Å²) in [4.78, 5) is 1.95. The second-order valence-corrected chi connectivity index (χ2v) is 7.20. The molecular formula is C13H24N2O3S. The zero-order chi connectivity index (χ0) is 14.5. The second-order valence-electron chi connectivity index (χ2n) is 4.94. The first-order valence-electron chi connectivity index (χ1n) is 6.47. The molecule has 0 aliphatic carbocycles. The summed E-state index contributed by atoms with van der Waals surface area (Å²) in [5, 5.41) is 3.26. The van der Waals surface area contributed by atoms with Gasteiger partial charge in [-0.25, -0.2) is 8.42 Å². The largest absolute Gasteiger partial charge is 0.465 e. The maximum absolute atomic E-state index is 11.1. The fraction of sp³-hybridized carbons (Fsp3) is 0.692. The van der Waals surface area contributed by atoms with Crippen LogP contribution in [0.15, 0.2) is 10.5 Å². The van der Waals surface area contributed by atoms with Gasteiger partial charge in [-0.05, 0) is 26.6 Å². The molecule has 5 nitrogen and oxygen atoms in total. The summed E-state index contributed by atoms with van der Waals surface area (Å²) in [5.74, 6) is 1.97. The van der Waals surface area contributed by atoms with E-state index >= 15 is 0 Å². The molecule has 0 radical (unpaired) electrons. The summed E-state index contributed by atoms with van der Waals surface area (Å²) in [6, 6.07) is 2.04. The average Bonchev–Trinajstić information content (AvgIpc) is 2.63. The lowest BCUT2D eigenvalue weighted by Crippen LogP contribution is -2.24. The van der Waals surface area contributed by atoms with E-state index in [1.165, 1.54) is 6.26 Å². The number of rotatable bonds is 8. The monoisotopic (exact) mass is 288 g/mol. The first-order valence-corrected chi connectivity index (χ1v) is 8.53. The Balaban J connectivity index is 2.52. The maximum Gasteiger partial charge on any atom is 0.148 e. The van der Waals surface area contributed by atoms with Gasteiger partial charge in [-0.3, -0.25) is 4.90 Å². The summed E-state index contributed by atoms with van der Waals surface area (Å²) >= 11 is 0. The van der Waals surface area contributed by atoms with E-state index in [1.54, 1.807) is 0 Å². The molecule has 0 spiro atoms. The molecule has 110 valence electrons. The molecule has 0 saturated carbocycles. The number of sulfone groups is 1. The number of nitrogens with one attached hydrogen (secondary N) is 1. The van der Waals surface area contributed by atoms with E-state index in [2.05, 4.69) is 12.2 Å². The fourth-order valence-electron chi connectivity index (χ4n) is 1.77.